The molecule has 0 fully saturated rings. The number of imidazole rings is 1. The van der Waals surface area contributed by atoms with Crippen molar-refractivity contribution in [1.82, 2.24) is 34.3 Å². The lowest BCUT2D eigenvalue weighted by Gasteiger charge is -2.18. The van der Waals surface area contributed by atoms with Gasteiger partial charge in [-0.25, -0.2) is 29.0 Å². The summed E-state index contributed by atoms with van der Waals surface area (Å²) in [6.45, 7) is 1.95. The minimum atomic E-state index is -0.342. The summed E-state index contributed by atoms with van der Waals surface area (Å²) in [5.74, 6) is 1.20. The molecule has 0 spiro atoms. The van der Waals surface area contributed by atoms with Crippen LogP contribution in [-0.4, -0.2) is 34.3 Å². The second-order valence-corrected chi connectivity index (χ2v) is 6.41. The molecule has 2 N–H and O–H groups in total. The van der Waals surface area contributed by atoms with Crippen LogP contribution in [0.2, 0.25) is 0 Å². The molecule has 28 heavy (non-hydrogen) atoms. The topological polar surface area (TPSA) is 100 Å². The molecule has 138 valence electrons. The molecule has 2 aliphatic rings. The summed E-state index contributed by atoms with van der Waals surface area (Å²) < 4.78 is 17.4. The highest BCUT2D eigenvalue weighted by atomic mass is 19.1. The molecule has 1 atom stereocenters. The van der Waals surface area contributed by atoms with Crippen LogP contribution in [-0.2, 0) is 0 Å². The molecule has 2 aromatic heterocycles. The van der Waals surface area contributed by atoms with Crippen molar-refractivity contribution >= 4 is 16.7 Å². The molecule has 0 aliphatic carbocycles. The van der Waals surface area contributed by atoms with Crippen molar-refractivity contribution in [3.05, 3.63) is 66.8 Å². The number of anilines is 1. The maximum Gasteiger partial charge on any atom is 0.184 e. The number of nitrogens with zero attached hydrogens (tertiary/aromatic N) is 7. The standard InChI is InChI=1S/C19H15FN8/c1-11(27-10-25-19-17(18(27)21)23-9-24-19)16-13-6-5-12(20)8-14(13)28(26-16)15-4-2-3-7-22-15/h2-11H,21H2,1H3. The fraction of sp³-hybridized carbons (Fsp3) is 0.105. The van der Waals surface area contributed by atoms with E-state index in [1.165, 1.54) is 18.5 Å². The highest BCUT2D eigenvalue weighted by Gasteiger charge is 2.23. The number of benzene rings is 1. The molecule has 1 aromatic carbocycles. The Kier molecular flexibility index (Phi) is 3.54. The van der Waals surface area contributed by atoms with Gasteiger partial charge in [0.15, 0.2) is 11.6 Å². The average Bonchev–Trinajstić information content (AvgIpc) is 3.33. The third kappa shape index (κ3) is 2.40. The first-order valence-electron chi connectivity index (χ1n) is 8.66. The van der Waals surface area contributed by atoms with Gasteiger partial charge in [-0.1, -0.05) is 6.07 Å². The van der Waals surface area contributed by atoms with Crippen molar-refractivity contribution in [3.8, 4) is 17.3 Å². The summed E-state index contributed by atoms with van der Waals surface area (Å²) in [6, 6.07) is 9.81. The quantitative estimate of drug-likeness (QED) is 0.521. The average molecular weight is 374 g/mol. The van der Waals surface area contributed by atoms with Crippen LogP contribution in [0.3, 0.4) is 0 Å². The Morgan fingerprint density at radius 2 is 1.96 bits per heavy atom. The summed E-state index contributed by atoms with van der Waals surface area (Å²) in [5.41, 5.74) is 8.18. The van der Waals surface area contributed by atoms with Gasteiger partial charge in [-0.15, -0.1) is 0 Å². The monoisotopic (exact) mass is 374 g/mol. The van der Waals surface area contributed by atoms with E-state index in [0.29, 0.717) is 28.7 Å². The van der Waals surface area contributed by atoms with E-state index >= 15 is 0 Å². The van der Waals surface area contributed by atoms with E-state index < -0.39 is 0 Å². The number of hydrogen-bond acceptors (Lipinski definition) is 6. The molecule has 0 radical (unpaired) electrons. The van der Waals surface area contributed by atoms with E-state index in [4.69, 9.17) is 10.8 Å². The second kappa shape index (κ2) is 6.08. The van der Waals surface area contributed by atoms with Crippen LogP contribution in [0, 0.1) is 5.82 Å². The maximum atomic E-state index is 14.0. The van der Waals surface area contributed by atoms with Crippen molar-refractivity contribution in [3.63, 3.8) is 0 Å². The van der Waals surface area contributed by atoms with Gasteiger partial charge in [-0.05, 0) is 31.2 Å². The van der Waals surface area contributed by atoms with Crippen LogP contribution in [0.1, 0.15) is 18.7 Å². The number of hydrogen-bond donors (Lipinski definition) is 1. The summed E-state index contributed by atoms with van der Waals surface area (Å²) in [5, 5.41) is 5.54. The largest absolute Gasteiger partial charge is 0.383 e. The number of rotatable bonds is 3. The van der Waals surface area contributed by atoms with Crippen molar-refractivity contribution < 1.29 is 4.39 Å². The Balaban J connectivity index is 1.73. The molecule has 9 heteroatoms. The van der Waals surface area contributed by atoms with Crippen LogP contribution in [0.5, 0.6) is 0 Å². The molecule has 8 nitrogen and oxygen atoms in total. The third-order valence-electron chi connectivity index (χ3n) is 4.75. The van der Waals surface area contributed by atoms with Crippen LogP contribution < -0.4 is 5.73 Å². The normalized spacial score (nSPS) is 12.6. The number of nitrogen functional groups attached to an aromatic ring is 1. The number of fused-ring (bicyclic) bond motifs is 2. The molecule has 3 aromatic rings. The molecule has 2 aliphatic heterocycles. The first-order chi connectivity index (χ1) is 13.6. The van der Waals surface area contributed by atoms with E-state index in [2.05, 4.69) is 19.9 Å². The molecular weight excluding hydrogens is 359 g/mol. The fourth-order valence-corrected chi connectivity index (χ4v) is 3.35. The minimum absolute atomic E-state index is 0.272. The predicted octanol–water partition coefficient (Wildman–Crippen LogP) is 2.84. The Hall–Kier alpha value is -3.88. The molecule has 0 saturated carbocycles. The first kappa shape index (κ1) is 16.3. The lowest BCUT2D eigenvalue weighted by molar-refractivity contribution is 0.608. The highest BCUT2D eigenvalue weighted by molar-refractivity contribution is 5.84. The Labute approximate surface area is 158 Å². The molecule has 1 unspecified atom stereocenters. The molecule has 0 amide bonds. The summed E-state index contributed by atoms with van der Waals surface area (Å²) in [4.78, 5) is 16.9. The molecule has 5 rings (SSSR count). The van der Waals surface area contributed by atoms with Crippen molar-refractivity contribution in [2.75, 3.05) is 5.73 Å². The maximum absolute atomic E-state index is 14.0. The number of nitrogens with two attached hydrogens (primary N) is 1. The van der Waals surface area contributed by atoms with E-state index in [1.54, 1.807) is 27.8 Å². The van der Waals surface area contributed by atoms with Gasteiger partial charge in [-0.2, -0.15) is 5.10 Å². The number of pyridine rings is 1. The van der Waals surface area contributed by atoms with E-state index in [9.17, 15) is 4.39 Å². The zero-order chi connectivity index (χ0) is 19.3. The fourth-order valence-electron chi connectivity index (χ4n) is 3.35. The van der Waals surface area contributed by atoms with E-state index in [0.717, 1.165) is 11.1 Å². The number of halogens is 1. The van der Waals surface area contributed by atoms with Crippen LogP contribution in [0.4, 0.5) is 10.2 Å². The SMILES string of the molecule is CC(c1nn(-c2ccccn2)c2cc(F)ccc12)n1cnc2ncnc-2c1N. The van der Waals surface area contributed by atoms with Crippen molar-refractivity contribution in [1.29, 1.82) is 0 Å². The van der Waals surface area contributed by atoms with Gasteiger partial charge in [0.1, 0.15) is 23.7 Å². The molecule has 0 saturated heterocycles. The van der Waals surface area contributed by atoms with Crippen molar-refractivity contribution in [2.24, 2.45) is 0 Å². The van der Waals surface area contributed by atoms with E-state index in [1.807, 2.05) is 25.1 Å². The van der Waals surface area contributed by atoms with Crippen LogP contribution in [0.15, 0.2) is 55.2 Å². The van der Waals surface area contributed by atoms with Gasteiger partial charge in [0.25, 0.3) is 0 Å². The summed E-state index contributed by atoms with van der Waals surface area (Å²) in [6.07, 6.45) is 4.72. The van der Waals surface area contributed by atoms with Gasteiger partial charge in [-0.3, -0.25) is 0 Å². The van der Waals surface area contributed by atoms with E-state index in [-0.39, 0.29) is 11.9 Å². The van der Waals surface area contributed by atoms with Gasteiger partial charge >= 0.3 is 0 Å². The van der Waals surface area contributed by atoms with Crippen LogP contribution >= 0.6 is 0 Å². The van der Waals surface area contributed by atoms with Crippen molar-refractivity contribution in [2.45, 2.75) is 13.0 Å². The molecule has 4 heterocycles. The second-order valence-electron chi connectivity index (χ2n) is 6.41. The zero-order valence-electron chi connectivity index (χ0n) is 14.9. The van der Waals surface area contributed by atoms with Gasteiger partial charge in [0, 0.05) is 17.6 Å². The lowest BCUT2D eigenvalue weighted by atomic mass is 10.1. The van der Waals surface area contributed by atoms with Gasteiger partial charge in [0.05, 0.1) is 23.6 Å². The smallest absolute Gasteiger partial charge is 0.184 e. The summed E-state index contributed by atoms with van der Waals surface area (Å²) >= 11 is 0. The highest BCUT2D eigenvalue weighted by Crippen LogP contribution is 2.31. The molecule has 0 bridgehead atoms. The zero-order valence-corrected chi connectivity index (χ0v) is 14.9. The number of aromatic nitrogens is 7. The summed E-state index contributed by atoms with van der Waals surface area (Å²) in [7, 11) is 0. The lowest BCUT2D eigenvalue weighted by Crippen LogP contribution is -2.15. The van der Waals surface area contributed by atoms with Gasteiger partial charge in [0.2, 0.25) is 0 Å². The predicted molar refractivity (Wildman–Crippen MR) is 101 cm³/mol. The van der Waals surface area contributed by atoms with Gasteiger partial charge < -0.3 is 10.3 Å². The Morgan fingerprint density at radius 1 is 1.07 bits per heavy atom. The Morgan fingerprint density at radius 3 is 2.79 bits per heavy atom. The van der Waals surface area contributed by atoms with Crippen LogP contribution in [0.25, 0.3) is 28.2 Å². The first-order valence-corrected chi connectivity index (χ1v) is 8.66. The Bertz CT molecular complexity index is 1260. The minimum Gasteiger partial charge on any atom is -0.383 e. The molecular formula is C19H15FN8. The third-order valence-corrected chi connectivity index (χ3v) is 4.75.